The van der Waals surface area contributed by atoms with Crippen LogP contribution in [0.25, 0.3) is 0 Å². The largest absolute Gasteiger partial charge is 0.364 e. The van der Waals surface area contributed by atoms with Crippen molar-refractivity contribution in [2.24, 2.45) is 5.73 Å². The summed E-state index contributed by atoms with van der Waals surface area (Å²) in [7, 11) is -3.53. The Morgan fingerprint density at radius 3 is 2.58 bits per heavy atom. The zero-order valence-corrected chi connectivity index (χ0v) is 7.08. The number of primary amides is 1. The van der Waals surface area contributed by atoms with Gasteiger partial charge in [0.25, 0.3) is 15.9 Å². The molecular weight excluding hydrogens is 182 g/mol. The van der Waals surface area contributed by atoms with Crippen molar-refractivity contribution >= 4 is 15.9 Å². The summed E-state index contributed by atoms with van der Waals surface area (Å²) in [4.78, 5) is 10.6. The Kier molecular flexibility index (Phi) is 1.89. The van der Waals surface area contributed by atoms with Gasteiger partial charge in [-0.2, -0.15) is 9.19 Å². The molecule has 0 unspecified atom stereocenters. The SMILES string of the molecule is CS(=O)(=O)n1nccc1C(N)=O. The van der Waals surface area contributed by atoms with Gasteiger partial charge in [0.15, 0.2) is 0 Å². The van der Waals surface area contributed by atoms with Gasteiger partial charge in [0.05, 0.1) is 12.5 Å². The molecule has 0 aliphatic carbocycles. The molecule has 0 bridgehead atoms. The quantitative estimate of drug-likeness (QED) is 0.631. The minimum Gasteiger partial charge on any atom is -0.364 e. The van der Waals surface area contributed by atoms with Gasteiger partial charge in [-0.15, -0.1) is 0 Å². The number of hydrogen-bond acceptors (Lipinski definition) is 4. The summed E-state index contributed by atoms with van der Waals surface area (Å²) in [5.41, 5.74) is 4.75. The van der Waals surface area contributed by atoms with Crippen molar-refractivity contribution in [2.75, 3.05) is 6.26 Å². The van der Waals surface area contributed by atoms with E-state index in [1.807, 2.05) is 0 Å². The predicted molar refractivity (Wildman–Crippen MR) is 41.0 cm³/mol. The van der Waals surface area contributed by atoms with Crippen LogP contribution in [0.15, 0.2) is 12.3 Å². The van der Waals surface area contributed by atoms with Crippen LogP contribution in [-0.2, 0) is 10.0 Å². The number of aromatic nitrogens is 2. The second-order valence-electron chi connectivity index (χ2n) is 2.19. The lowest BCUT2D eigenvalue weighted by Crippen LogP contribution is -2.22. The maximum absolute atomic E-state index is 10.9. The van der Waals surface area contributed by atoms with Crippen LogP contribution in [0.3, 0.4) is 0 Å². The number of carbonyl (C=O) groups is 1. The van der Waals surface area contributed by atoms with Crippen LogP contribution in [0.2, 0.25) is 0 Å². The van der Waals surface area contributed by atoms with Crippen LogP contribution < -0.4 is 5.73 Å². The summed E-state index contributed by atoms with van der Waals surface area (Å²) >= 11 is 0. The van der Waals surface area contributed by atoms with Crippen molar-refractivity contribution in [2.45, 2.75) is 0 Å². The monoisotopic (exact) mass is 189 g/mol. The first-order chi connectivity index (χ1) is 5.43. The summed E-state index contributed by atoms with van der Waals surface area (Å²) in [6, 6.07) is 1.24. The maximum Gasteiger partial charge on any atom is 0.268 e. The number of amides is 1. The molecule has 2 N–H and O–H groups in total. The highest BCUT2D eigenvalue weighted by Crippen LogP contribution is 2.00. The van der Waals surface area contributed by atoms with E-state index in [1.54, 1.807) is 0 Å². The zero-order valence-electron chi connectivity index (χ0n) is 6.26. The average Bonchev–Trinajstić information content (AvgIpc) is 2.30. The van der Waals surface area contributed by atoms with Gasteiger partial charge >= 0.3 is 0 Å². The number of carbonyl (C=O) groups excluding carboxylic acids is 1. The van der Waals surface area contributed by atoms with Gasteiger partial charge in [0.1, 0.15) is 5.69 Å². The summed E-state index contributed by atoms with van der Waals surface area (Å²) in [5, 5.41) is 3.44. The molecule has 0 aliphatic rings. The van der Waals surface area contributed by atoms with Gasteiger partial charge in [0.2, 0.25) is 0 Å². The van der Waals surface area contributed by atoms with Gasteiger partial charge in [-0.3, -0.25) is 4.79 Å². The predicted octanol–water partition coefficient (Wildman–Crippen LogP) is -1.21. The molecule has 0 spiro atoms. The Balaban J connectivity index is 3.36. The third-order valence-corrected chi connectivity index (χ3v) is 2.10. The lowest BCUT2D eigenvalue weighted by molar-refractivity contribution is 0.0994. The van der Waals surface area contributed by atoms with Crippen molar-refractivity contribution in [3.05, 3.63) is 18.0 Å². The fourth-order valence-corrected chi connectivity index (χ4v) is 1.46. The maximum atomic E-state index is 10.9. The Hall–Kier alpha value is -1.37. The Morgan fingerprint density at radius 1 is 1.67 bits per heavy atom. The van der Waals surface area contributed by atoms with E-state index in [0.717, 1.165) is 6.26 Å². The minimum absolute atomic E-state index is 0.141. The Labute approximate surface area is 69.0 Å². The van der Waals surface area contributed by atoms with Gasteiger partial charge in [-0.1, -0.05) is 0 Å². The molecule has 0 aliphatic heterocycles. The number of nitrogens with zero attached hydrogens (tertiary/aromatic N) is 2. The third-order valence-electron chi connectivity index (χ3n) is 1.18. The van der Waals surface area contributed by atoms with Crippen LogP contribution in [0.5, 0.6) is 0 Å². The number of rotatable bonds is 2. The van der Waals surface area contributed by atoms with Crippen molar-refractivity contribution < 1.29 is 13.2 Å². The normalized spacial score (nSPS) is 11.4. The Bertz CT molecular complexity index is 405. The molecule has 0 saturated heterocycles. The second-order valence-corrected chi connectivity index (χ2v) is 4.00. The van der Waals surface area contributed by atoms with E-state index >= 15 is 0 Å². The highest BCUT2D eigenvalue weighted by molar-refractivity contribution is 7.89. The summed E-state index contributed by atoms with van der Waals surface area (Å²) < 4.78 is 22.4. The smallest absolute Gasteiger partial charge is 0.268 e. The minimum atomic E-state index is -3.53. The number of hydrogen-bond donors (Lipinski definition) is 1. The highest BCUT2D eigenvalue weighted by Gasteiger charge is 2.15. The summed E-state index contributed by atoms with van der Waals surface area (Å²) in [6.07, 6.45) is 2.13. The lowest BCUT2D eigenvalue weighted by Gasteiger charge is -1.99. The van der Waals surface area contributed by atoms with Gasteiger partial charge in [-0.05, 0) is 6.07 Å². The molecule has 0 fully saturated rings. The van der Waals surface area contributed by atoms with Crippen LogP contribution in [0.4, 0.5) is 0 Å². The molecule has 0 saturated carbocycles. The first kappa shape index (κ1) is 8.72. The molecule has 1 rings (SSSR count). The average molecular weight is 189 g/mol. The molecule has 0 atom stereocenters. The van der Waals surface area contributed by atoms with E-state index in [9.17, 15) is 13.2 Å². The molecule has 1 heterocycles. The van der Waals surface area contributed by atoms with Gasteiger partial charge in [-0.25, -0.2) is 8.42 Å². The Morgan fingerprint density at radius 2 is 2.25 bits per heavy atom. The zero-order chi connectivity index (χ0) is 9.35. The van der Waals surface area contributed by atoms with E-state index in [1.165, 1.54) is 12.3 Å². The molecular formula is C5H7N3O3S. The summed E-state index contributed by atoms with van der Waals surface area (Å²) in [5.74, 6) is -0.821. The topological polar surface area (TPSA) is 95.1 Å². The molecule has 6 nitrogen and oxygen atoms in total. The van der Waals surface area contributed by atoms with Crippen molar-refractivity contribution in [1.82, 2.24) is 9.19 Å². The fourth-order valence-electron chi connectivity index (χ4n) is 0.731. The van der Waals surface area contributed by atoms with Crippen LogP contribution >= 0.6 is 0 Å². The molecule has 0 radical (unpaired) electrons. The van der Waals surface area contributed by atoms with E-state index in [0.29, 0.717) is 4.09 Å². The van der Waals surface area contributed by atoms with Gasteiger partial charge < -0.3 is 5.73 Å². The molecule has 1 amide bonds. The standard InChI is InChI=1S/C5H7N3O3S/c1-12(10,11)8-4(5(6)9)2-3-7-8/h2-3H,1H3,(H2,6,9). The molecule has 7 heteroatoms. The van der Waals surface area contributed by atoms with E-state index in [2.05, 4.69) is 5.10 Å². The van der Waals surface area contributed by atoms with E-state index in [4.69, 9.17) is 5.73 Å². The third kappa shape index (κ3) is 1.45. The first-order valence-electron chi connectivity index (χ1n) is 2.97. The van der Waals surface area contributed by atoms with Crippen LogP contribution in [-0.4, -0.2) is 29.8 Å². The molecule has 1 aromatic rings. The van der Waals surface area contributed by atoms with E-state index in [-0.39, 0.29) is 5.69 Å². The van der Waals surface area contributed by atoms with Crippen molar-refractivity contribution in [3.8, 4) is 0 Å². The van der Waals surface area contributed by atoms with Crippen LogP contribution in [0, 0.1) is 0 Å². The highest BCUT2D eigenvalue weighted by atomic mass is 32.2. The second kappa shape index (κ2) is 2.59. The summed E-state index contributed by atoms with van der Waals surface area (Å²) in [6.45, 7) is 0. The van der Waals surface area contributed by atoms with Gasteiger partial charge in [0, 0.05) is 0 Å². The van der Waals surface area contributed by atoms with E-state index < -0.39 is 15.9 Å². The molecule has 66 valence electrons. The fraction of sp³-hybridized carbons (Fsp3) is 0.200. The number of nitrogens with two attached hydrogens (primary N) is 1. The lowest BCUT2D eigenvalue weighted by atomic mass is 10.4. The molecule has 12 heavy (non-hydrogen) atoms. The molecule has 0 aromatic carbocycles. The van der Waals surface area contributed by atoms with Crippen LogP contribution in [0.1, 0.15) is 10.5 Å². The first-order valence-corrected chi connectivity index (χ1v) is 4.82. The van der Waals surface area contributed by atoms with Crippen molar-refractivity contribution in [1.29, 1.82) is 0 Å². The molecule has 1 aromatic heterocycles. The van der Waals surface area contributed by atoms with Crippen molar-refractivity contribution in [3.63, 3.8) is 0 Å².